The molecule has 2 aromatic carbocycles. The predicted molar refractivity (Wildman–Crippen MR) is 148 cm³/mol. The minimum Gasteiger partial charge on any atom is -0.858 e. The van der Waals surface area contributed by atoms with Gasteiger partial charge in [-0.05, 0) is 60.7 Å². The van der Waals surface area contributed by atoms with E-state index >= 15 is 0 Å². The van der Waals surface area contributed by atoms with Gasteiger partial charge in [0.1, 0.15) is 5.71 Å². The monoisotopic (exact) mass is 704 g/mol. The number of hydrogen-bond acceptors (Lipinski definition) is 11. The second-order valence-corrected chi connectivity index (χ2v) is 11.4. The summed E-state index contributed by atoms with van der Waals surface area (Å²) in [5, 5.41) is 45.6. The summed E-state index contributed by atoms with van der Waals surface area (Å²) < 4.78 is 64.1. The molecule has 0 unspecified atom stereocenters. The van der Waals surface area contributed by atoms with Crippen LogP contribution in [-0.4, -0.2) is 59.1 Å². The van der Waals surface area contributed by atoms with Crippen molar-refractivity contribution in [2.24, 2.45) is 5.10 Å². The zero-order valence-electron chi connectivity index (χ0n) is 23.3. The van der Waals surface area contributed by atoms with Gasteiger partial charge in [0.15, 0.2) is 0 Å². The summed E-state index contributed by atoms with van der Waals surface area (Å²) in [5.41, 5.74) is -2.01. The van der Waals surface area contributed by atoms with Crippen LogP contribution in [0.3, 0.4) is 0 Å². The molecule has 0 atom stereocenters. The number of benzene rings is 2. The summed E-state index contributed by atoms with van der Waals surface area (Å²) >= 11 is 0. The van der Waals surface area contributed by atoms with Crippen molar-refractivity contribution in [3.05, 3.63) is 100 Å². The number of rotatable bonds is 9. The van der Waals surface area contributed by atoms with E-state index in [4.69, 9.17) is 19.9 Å². The Morgan fingerprint density at radius 1 is 0.800 bits per heavy atom. The van der Waals surface area contributed by atoms with Crippen molar-refractivity contribution in [1.29, 1.82) is 10.8 Å². The normalized spacial score (nSPS) is 14.4. The van der Waals surface area contributed by atoms with Crippen LogP contribution < -0.4 is 124 Å². The number of hydrogen-bond donors (Lipinski definition) is 5. The zero-order valence-corrected chi connectivity index (χ0v) is 31.2. The van der Waals surface area contributed by atoms with Crippen LogP contribution in [0.2, 0.25) is 0 Å². The molecular weight excluding hydrogens is 687 g/mol. The molecule has 2 heterocycles. The average Bonchev–Trinajstić information content (AvgIpc) is 3.44. The summed E-state index contributed by atoms with van der Waals surface area (Å²) in [7, 11) is -8.97. The number of H-pyrrole nitrogens is 1. The van der Waals surface area contributed by atoms with Crippen LogP contribution in [0.25, 0.3) is 11.8 Å². The smallest absolute Gasteiger partial charge is 0.858 e. The number of allylic oxidation sites excluding steroid dienone is 4. The van der Waals surface area contributed by atoms with Gasteiger partial charge >= 0.3 is 103 Å². The van der Waals surface area contributed by atoms with E-state index in [1.54, 1.807) is 0 Å². The van der Waals surface area contributed by atoms with Gasteiger partial charge in [0, 0.05) is 11.8 Å². The number of carbonyl (C=O) groups is 1. The maximum atomic E-state index is 12.9. The number of nitrogens with zero attached hydrogens (tertiary/aromatic N) is 3. The number of aromatic nitrogens is 2. The second kappa shape index (κ2) is 15.6. The van der Waals surface area contributed by atoms with Crippen molar-refractivity contribution in [2.45, 2.75) is 9.79 Å². The number of carbonyl (C=O) groups excluding carboxylic acids is 1. The van der Waals surface area contributed by atoms with E-state index in [9.17, 15) is 36.6 Å². The van der Waals surface area contributed by atoms with Crippen molar-refractivity contribution in [3.63, 3.8) is 0 Å². The average molecular weight is 705 g/mol. The molecule has 1 aliphatic heterocycles. The van der Waals surface area contributed by atoms with Gasteiger partial charge in [0.05, 0.1) is 38.0 Å². The molecular formula is C25H18K2N6O10S2. The molecule has 0 bridgehead atoms. The first kappa shape index (κ1) is 39.0. The first-order valence-electron chi connectivity index (χ1n) is 11.6. The maximum absolute atomic E-state index is 12.9. The Kier molecular flexibility index (Phi) is 13.5. The van der Waals surface area contributed by atoms with Crippen LogP contribution in [0, 0.1) is 10.8 Å². The van der Waals surface area contributed by atoms with E-state index < -0.39 is 59.0 Å². The van der Waals surface area contributed by atoms with E-state index in [-0.39, 0.29) is 131 Å². The first-order valence-corrected chi connectivity index (χ1v) is 14.5. The fourth-order valence-corrected chi connectivity index (χ4v) is 4.72. The molecule has 0 saturated heterocycles. The number of amides is 1. The Hall–Kier alpha value is -2.16. The summed E-state index contributed by atoms with van der Waals surface area (Å²) in [6, 6.07) is 8.80. The number of hydrazone groups is 1. The van der Waals surface area contributed by atoms with Gasteiger partial charge in [-0.3, -0.25) is 23.8 Å². The fourth-order valence-electron chi connectivity index (χ4n) is 3.76. The Labute approximate surface area is 340 Å². The van der Waals surface area contributed by atoms with Gasteiger partial charge < -0.3 is 21.0 Å². The standard InChI is InChI=1S/C25H20N6O10S2.2K/c26-22(32)20-18(24(34)30(28-20)14-6-10-16(11-7-14)42(36,37)38)4-2-1-3-5-19-21(23(27)33)29-31(25(19)35)15-8-12-17(13-9-15)43(39,40)41;;/h1-13,28H,(H2,26,32)(H2,27,33)(H,36,37,38)(H,39,40,41);;/q;2*+1/p-2/b3-1+,4-2+,19-5+;;. The molecule has 0 fully saturated rings. The third kappa shape index (κ3) is 9.01. The van der Waals surface area contributed by atoms with Crippen LogP contribution in [0.1, 0.15) is 11.3 Å². The van der Waals surface area contributed by atoms with Gasteiger partial charge in [-0.1, -0.05) is 18.2 Å². The van der Waals surface area contributed by atoms with Crippen LogP contribution in [0.4, 0.5) is 5.69 Å². The van der Waals surface area contributed by atoms with E-state index in [2.05, 4.69) is 10.2 Å². The van der Waals surface area contributed by atoms with Crippen LogP contribution >= 0.6 is 0 Å². The molecule has 45 heavy (non-hydrogen) atoms. The van der Waals surface area contributed by atoms with Gasteiger partial charge in [-0.25, -0.2) is 4.68 Å². The second-order valence-electron chi connectivity index (χ2n) is 8.53. The minimum absolute atomic E-state index is 0. The Morgan fingerprint density at radius 3 is 1.78 bits per heavy atom. The quantitative estimate of drug-likeness (QED) is 0.0351. The fraction of sp³-hybridized carbons (Fsp3) is 0. The summed E-state index contributed by atoms with van der Waals surface area (Å²) in [4.78, 5) is 25.0. The van der Waals surface area contributed by atoms with Crippen LogP contribution in [0.15, 0.2) is 98.1 Å². The number of aromatic amines is 1. The molecule has 0 spiro atoms. The predicted octanol–water partition coefficient (Wildman–Crippen LogP) is -6.41. The molecule has 0 radical (unpaired) electrons. The molecule has 222 valence electrons. The summed E-state index contributed by atoms with van der Waals surface area (Å²) in [6.45, 7) is 0. The van der Waals surface area contributed by atoms with Crippen molar-refractivity contribution in [2.75, 3.05) is 5.01 Å². The van der Waals surface area contributed by atoms with Gasteiger partial charge in [-0.15, -0.1) is 0 Å². The molecule has 16 nitrogen and oxygen atoms in total. The topological polar surface area (TPSA) is 273 Å². The molecule has 1 amide bonds. The van der Waals surface area contributed by atoms with E-state index in [0.29, 0.717) is 0 Å². The van der Waals surface area contributed by atoms with Crippen molar-refractivity contribution >= 4 is 55.4 Å². The third-order valence-corrected chi connectivity index (χ3v) is 7.50. The molecule has 0 saturated carbocycles. The SMILES string of the molecule is N=C([O-])C1=NN(c2ccc(S(=O)(=O)O)cc2)C(=O)/C1=C/C=C/C=C/c1c(C(=N)[O-])[nH]n(-c2ccc(S(=O)(=O)O)cc2)c1=O.[K+].[K+]. The molecule has 3 aromatic rings. The molecule has 0 aliphatic carbocycles. The maximum Gasteiger partial charge on any atom is 1.00 e. The summed E-state index contributed by atoms with van der Waals surface area (Å²) in [5.74, 6) is -3.33. The van der Waals surface area contributed by atoms with Crippen molar-refractivity contribution in [1.82, 2.24) is 9.78 Å². The van der Waals surface area contributed by atoms with Crippen LogP contribution in [0.5, 0.6) is 0 Å². The largest absolute Gasteiger partial charge is 1.00 e. The van der Waals surface area contributed by atoms with Gasteiger partial charge in [0.2, 0.25) is 0 Å². The third-order valence-electron chi connectivity index (χ3n) is 5.77. The Bertz CT molecular complexity index is 2060. The van der Waals surface area contributed by atoms with Crippen LogP contribution in [-0.2, 0) is 25.0 Å². The minimum atomic E-state index is -4.49. The molecule has 4 rings (SSSR count). The van der Waals surface area contributed by atoms with E-state index in [1.807, 2.05) is 0 Å². The van der Waals surface area contributed by atoms with Gasteiger partial charge in [-0.2, -0.15) is 26.9 Å². The number of nitrogens with one attached hydrogen (secondary N) is 3. The zero-order chi connectivity index (χ0) is 31.7. The first-order chi connectivity index (χ1) is 20.1. The molecule has 1 aromatic heterocycles. The number of anilines is 1. The summed E-state index contributed by atoms with van der Waals surface area (Å²) in [6.07, 6.45) is 6.21. The Balaban J connectivity index is 0.00000353. The van der Waals surface area contributed by atoms with Gasteiger partial charge in [0.25, 0.3) is 31.7 Å². The molecule has 1 aliphatic rings. The van der Waals surface area contributed by atoms with E-state index in [0.717, 1.165) is 52.2 Å². The molecule has 20 heteroatoms. The van der Waals surface area contributed by atoms with E-state index in [1.165, 1.54) is 36.4 Å². The molecule has 5 N–H and O–H groups in total. The Morgan fingerprint density at radius 2 is 1.31 bits per heavy atom. The van der Waals surface area contributed by atoms with Crippen molar-refractivity contribution in [3.8, 4) is 5.69 Å². The van der Waals surface area contributed by atoms with Crippen molar-refractivity contribution < 1.29 is 144 Å².